The van der Waals surface area contributed by atoms with Gasteiger partial charge in [0.15, 0.2) is 0 Å². The fraction of sp³-hybridized carbons (Fsp3) is 0.632. The minimum Gasteiger partial charge on any atom is -0.348 e. The maximum atomic E-state index is 14.0. The molecule has 3 rings (SSSR count). The number of hydrogen-bond acceptors (Lipinski definition) is 2. The van der Waals surface area contributed by atoms with E-state index in [0.29, 0.717) is 17.6 Å². The first-order valence-corrected chi connectivity index (χ1v) is 9.45. The molecule has 2 fully saturated rings. The third-order valence-corrected chi connectivity index (χ3v) is 5.89. The lowest BCUT2D eigenvalue weighted by molar-refractivity contribution is 0.0883. The second-order valence-electron chi connectivity index (χ2n) is 7.17. The van der Waals surface area contributed by atoms with Gasteiger partial charge in [-0.3, -0.25) is 4.79 Å². The summed E-state index contributed by atoms with van der Waals surface area (Å²) in [5, 5.41) is 6.88. The van der Waals surface area contributed by atoms with Gasteiger partial charge in [0.25, 0.3) is 5.91 Å². The third-order valence-electron chi connectivity index (χ3n) is 5.41. The van der Waals surface area contributed by atoms with Crippen LogP contribution in [0.1, 0.15) is 67.3 Å². The zero-order valence-electron chi connectivity index (χ0n) is 14.2. The van der Waals surface area contributed by atoms with Gasteiger partial charge in [0, 0.05) is 18.1 Å². The van der Waals surface area contributed by atoms with Gasteiger partial charge in [0.1, 0.15) is 5.82 Å². The standard InChI is InChI=1S/C19H26ClFN2O/c1-12-8-9-14(21)17(18(12)20)19(24)23-16-11-10-15(16)22-13-6-4-2-3-5-7-13/h8-9,13,15-16,22H,2-7,10-11H2,1H3,(H,23,24)/t15-,16+/m0/s1. The Kier molecular flexibility index (Phi) is 5.77. The average Bonchev–Trinajstić information content (AvgIpc) is 2.82. The van der Waals surface area contributed by atoms with Gasteiger partial charge in [0.2, 0.25) is 0 Å². The smallest absolute Gasteiger partial charge is 0.256 e. The summed E-state index contributed by atoms with van der Waals surface area (Å²) in [5.74, 6) is -0.964. The quantitative estimate of drug-likeness (QED) is 0.790. The molecule has 0 spiro atoms. The van der Waals surface area contributed by atoms with E-state index in [1.807, 2.05) is 0 Å². The van der Waals surface area contributed by atoms with Gasteiger partial charge in [-0.05, 0) is 44.2 Å². The van der Waals surface area contributed by atoms with Crippen LogP contribution in [-0.4, -0.2) is 24.0 Å². The van der Waals surface area contributed by atoms with E-state index >= 15 is 0 Å². The van der Waals surface area contributed by atoms with Gasteiger partial charge in [-0.15, -0.1) is 0 Å². The molecule has 2 aliphatic rings. The van der Waals surface area contributed by atoms with Gasteiger partial charge in [-0.1, -0.05) is 43.4 Å². The number of benzene rings is 1. The van der Waals surface area contributed by atoms with Crippen molar-refractivity contribution in [2.75, 3.05) is 0 Å². The van der Waals surface area contributed by atoms with Crippen LogP contribution < -0.4 is 10.6 Å². The summed E-state index contributed by atoms with van der Waals surface area (Å²) >= 11 is 6.13. The summed E-state index contributed by atoms with van der Waals surface area (Å²) < 4.78 is 14.0. The fourth-order valence-electron chi connectivity index (χ4n) is 3.73. The normalized spacial score (nSPS) is 25.0. The number of nitrogens with one attached hydrogen (secondary N) is 2. The minimum absolute atomic E-state index is 0.0308. The Morgan fingerprint density at radius 1 is 1.08 bits per heavy atom. The molecule has 3 nitrogen and oxygen atoms in total. The monoisotopic (exact) mass is 352 g/mol. The topological polar surface area (TPSA) is 41.1 Å². The van der Waals surface area contributed by atoms with Gasteiger partial charge >= 0.3 is 0 Å². The van der Waals surface area contributed by atoms with Crippen LogP contribution in [0.2, 0.25) is 5.02 Å². The van der Waals surface area contributed by atoms with E-state index in [9.17, 15) is 9.18 Å². The Hall–Kier alpha value is -1.13. The summed E-state index contributed by atoms with van der Waals surface area (Å²) in [5.41, 5.74) is 0.682. The van der Waals surface area contributed by atoms with Crippen molar-refractivity contribution in [3.05, 3.63) is 34.1 Å². The van der Waals surface area contributed by atoms with Crippen LogP contribution in [0, 0.1) is 12.7 Å². The predicted octanol–water partition coefficient (Wildman–Crippen LogP) is 4.36. The lowest BCUT2D eigenvalue weighted by Gasteiger charge is -2.40. The first-order chi connectivity index (χ1) is 11.6. The van der Waals surface area contributed by atoms with E-state index in [2.05, 4.69) is 10.6 Å². The molecule has 0 aromatic heterocycles. The van der Waals surface area contributed by atoms with Crippen LogP contribution in [0.25, 0.3) is 0 Å². The number of halogens is 2. The Morgan fingerprint density at radius 3 is 2.38 bits per heavy atom. The number of amides is 1. The van der Waals surface area contributed by atoms with Crippen molar-refractivity contribution < 1.29 is 9.18 Å². The van der Waals surface area contributed by atoms with Gasteiger partial charge in [-0.25, -0.2) is 4.39 Å². The molecular formula is C19H26ClFN2O. The highest BCUT2D eigenvalue weighted by Gasteiger charge is 2.34. The highest BCUT2D eigenvalue weighted by Crippen LogP contribution is 2.27. The Labute approximate surface area is 148 Å². The van der Waals surface area contributed by atoms with Crippen molar-refractivity contribution in [3.8, 4) is 0 Å². The summed E-state index contributed by atoms with van der Waals surface area (Å²) in [7, 11) is 0. The molecule has 2 N–H and O–H groups in total. The first kappa shape index (κ1) is 17.7. The Bertz CT molecular complexity index is 599. The summed E-state index contributed by atoms with van der Waals surface area (Å²) in [6.45, 7) is 1.78. The molecule has 1 aromatic rings. The molecule has 132 valence electrons. The first-order valence-electron chi connectivity index (χ1n) is 9.08. The van der Waals surface area contributed by atoms with E-state index in [4.69, 9.17) is 11.6 Å². The van der Waals surface area contributed by atoms with E-state index in [-0.39, 0.29) is 16.6 Å². The zero-order chi connectivity index (χ0) is 17.1. The molecule has 1 aromatic carbocycles. The van der Waals surface area contributed by atoms with E-state index in [1.54, 1.807) is 13.0 Å². The van der Waals surface area contributed by atoms with E-state index < -0.39 is 11.7 Å². The van der Waals surface area contributed by atoms with Crippen LogP contribution in [0.3, 0.4) is 0 Å². The number of hydrogen-bond donors (Lipinski definition) is 2. The molecule has 0 unspecified atom stereocenters. The zero-order valence-corrected chi connectivity index (χ0v) is 15.0. The van der Waals surface area contributed by atoms with Crippen molar-refractivity contribution in [2.45, 2.75) is 76.4 Å². The van der Waals surface area contributed by atoms with Crippen molar-refractivity contribution in [1.82, 2.24) is 10.6 Å². The molecule has 2 saturated carbocycles. The summed E-state index contributed by atoms with van der Waals surface area (Å²) in [4.78, 5) is 12.5. The maximum Gasteiger partial charge on any atom is 0.256 e. The lowest BCUT2D eigenvalue weighted by Crippen LogP contribution is -2.59. The van der Waals surface area contributed by atoms with Crippen molar-refractivity contribution in [2.24, 2.45) is 0 Å². The van der Waals surface area contributed by atoms with Gasteiger partial charge in [0.05, 0.1) is 10.6 Å². The van der Waals surface area contributed by atoms with Crippen molar-refractivity contribution in [1.29, 1.82) is 0 Å². The van der Waals surface area contributed by atoms with Crippen LogP contribution in [0.4, 0.5) is 4.39 Å². The second-order valence-corrected chi connectivity index (χ2v) is 7.55. The van der Waals surface area contributed by atoms with Gasteiger partial charge in [-0.2, -0.15) is 0 Å². The number of aryl methyl sites for hydroxylation is 1. The van der Waals surface area contributed by atoms with E-state index in [0.717, 1.165) is 12.8 Å². The average molecular weight is 353 g/mol. The fourth-order valence-corrected chi connectivity index (χ4v) is 3.97. The van der Waals surface area contributed by atoms with Crippen LogP contribution >= 0.6 is 11.6 Å². The SMILES string of the molecule is Cc1ccc(F)c(C(=O)N[C@@H]2CC[C@@H]2NC2CCCCCC2)c1Cl. The van der Waals surface area contributed by atoms with Crippen molar-refractivity contribution >= 4 is 17.5 Å². The predicted molar refractivity (Wildman–Crippen MR) is 95.0 cm³/mol. The molecule has 0 bridgehead atoms. The summed E-state index contributed by atoms with van der Waals surface area (Å²) in [6.07, 6.45) is 9.65. The molecule has 5 heteroatoms. The second kappa shape index (κ2) is 7.83. The lowest BCUT2D eigenvalue weighted by atomic mass is 9.85. The van der Waals surface area contributed by atoms with Gasteiger partial charge < -0.3 is 10.6 Å². The summed E-state index contributed by atoms with van der Waals surface area (Å²) in [6, 6.07) is 3.81. The molecule has 0 radical (unpaired) electrons. The highest BCUT2D eigenvalue weighted by atomic mass is 35.5. The number of rotatable bonds is 4. The Morgan fingerprint density at radius 2 is 1.75 bits per heavy atom. The molecule has 2 atom stereocenters. The molecular weight excluding hydrogens is 327 g/mol. The molecule has 0 heterocycles. The minimum atomic E-state index is -0.560. The highest BCUT2D eigenvalue weighted by molar-refractivity contribution is 6.34. The Balaban J connectivity index is 1.60. The molecule has 24 heavy (non-hydrogen) atoms. The van der Waals surface area contributed by atoms with E-state index in [1.165, 1.54) is 44.6 Å². The van der Waals surface area contributed by atoms with Crippen LogP contribution in [0.5, 0.6) is 0 Å². The molecule has 0 saturated heterocycles. The molecule has 2 aliphatic carbocycles. The molecule has 1 amide bonds. The van der Waals surface area contributed by atoms with Crippen LogP contribution in [-0.2, 0) is 0 Å². The third kappa shape index (κ3) is 3.92. The van der Waals surface area contributed by atoms with Crippen LogP contribution in [0.15, 0.2) is 12.1 Å². The maximum absolute atomic E-state index is 14.0. The number of carbonyl (C=O) groups excluding carboxylic acids is 1. The largest absolute Gasteiger partial charge is 0.348 e. The number of carbonyl (C=O) groups is 1. The molecule has 0 aliphatic heterocycles. The van der Waals surface area contributed by atoms with Crippen molar-refractivity contribution in [3.63, 3.8) is 0 Å².